The lowest BCUT2D eigenvalue weighted by molar-refractivity contribution is -0.142. The molecule has 0 fully saturated rings. The highest BCUT2D eigenvalue weighted by atomic mass is 16.6. The van der Waals surface area contributed by atoms with Gasteiger partial charge in [0.1, 0.15) is 11.6 Å². The molecule has 0 aromatic rings. The fourth-order valence-electron chi connectivity index (χ4n) is 1.14. The molecule has 1 N–H and O–H groups in total. The van der Waals surface area contributed by atoms with E-state index in [1.165, 1.54) is 12.0 Å². The van der Waals surface area contributed by atoms with Gasteiger partial charge >= 0.3 is 12.1 Å². The van der Waals surface area contributed by atoms with Gasteiger partial charge in [-0.05, 0) is 27.7 Å². The van der Waals surface area contributed by atoms with Gasteiger partial charge in [-0.3, -0.25) is 4.79 Å². The van der Waals surface area contributed by atoms with Gasteiger partial charge in [0.2, 0.25) is 0 Å². The van der Waals surface area contributed by atoms with Crippen LogP contribution in [0.25, 0.3) is 0 Å². The third-order valence-electron chi connectivity index (χ3n) is 2.16. The van der Waals surface area contributed by atoms with Gasteiger partial charge < -0.3 is 19.7 Å². The Kier molecular flexibility index (Phi) is 6.68. The van der Waals surface area contributed by atoms with E-state index in [2.05, 4.69) is 10.1 Å². The van der Waals surface area contributed by atoms with Gasteiger partial charge in [0.15, 0.2) is 0 Å². The number of nitrogens with one attached hydrogen (secondary N) is 1. The number of carbonyl (C=O) groups is 2. The zero-order chi connectivity index (χ0) is 14.3. The monoisotopic (exact) mass is 260 g/mol. The Hall–Kier alpha value is -1.30. The topological polar surface area (TPSA) is 67.9 Å². The molecule has 0 aromatic heterocycles. The lowest BCUT2D eigenvalue weighted by atomic mass is 10.2. The van der Waals surface area contributed by atoms with Crippen molar-refractivity contribution in [3.8, 4) is 0 Å². The van der Waals surface area contributed by atoms with Gasteiger partial charge in [-0.1, -0.05) is 0 Å². The first-order chi connectivity index (χ1) is 8.17. The van der Waals surface area contributed by atoms with Crippen LogP contribution in [-0.2, 0) is 14.3 Å². The van der Waals surface area contributed by atoms with Crippen LogP contribution in [0.2, 0.25) is 0 Å². The molecule has 0 rings (SSSR count). The van der Waals surface area contributed by atoms with Crippen LogP contribution >= 0.6 is 0 Å². The summed E-state index contributed by atoms with van der Waals surface area (Å²) < 4.78 is 9.77. The first-order valence-electron chi connectivity index (χ1n) is 5.92. The Morgan fingerprint density at radius 3 is 2.33 bits per heavy atom. The average Bonchev–Trinajstić information content (AvgIpc) is 2.25. The molecule has 6 nitrogen and oxygen atoms in total. The van der Waals surface area contributed by atoms with E-state index in [0.717, 1.165) is 0 Å². The van der Waals surface area contributed by atoms with E-state index in [9.17, 15) is 9.59 Å². The van der Waals surface area contributed by atoms with Gasteiger partial charge in [-0.25, -0.2) is 4.79 Å². The number of methoxy groups -OCH3 is 1. The second-order valence-electron chi connectivity index (χ2n) is 5.10. The third-order valence-corrected chi connectivity index (χ3v) is 2.16. The maximum Gasteiger partial charge on any atom is 0.410 e. The second kappa shape index (κ2) is 7.20. The van der Waals surface area contributed by atoms with Crippen LogP contribution < -0.4 is 5.32 Å². The molecule has 0 radical (unpaired) electrons. The predicted octanol–water partition coefficient (Wildman–Crippen LogP) is 1.00. The van der Waals surface area contributed by atoms with E-state index in [1.807, 2.05) is 20.8 Å². The molecule has 1 unspecified atom stereocenters. The van der Waals surface area contributed by atoms with Crippen molar-refractivity contribution in [2.24, 2.45) is 0 Å². The van der Waals surface area contributed by atoms with Crippen LogP contribution in [0.4, 0.5) is 4.79 Å². The summed E-state index contributed by atoms with van der Waals surface area (Å²) in [7, 11) is 2.99. The number of rotatable bonds is 5. The molecule has 0 bridgehead atoms. The van der Waals surface area contributed by atoms with Crippen LogP contribution in [0.15, 0.2) is 0 Å². The van der Waals surface area contributed by atoms with E-state index in [4.69, 9.17) is 4.74 Å². The van der Waals surface area contributed by atoms with Crippen molar-refractivity contribution < 1.29 is 19.1 Å². The minimum absolute atomic E-state index is 0.324. The van der Waals surface area contributed by atoms with Crippen molar-refractivity contribution in [3.05, 3.63) is 0 Å². The van der Waals surface area contributed by atoms with Gasteiger partial charge in [0.25, 0.3) is 0 Å². The lowest BCUT2D eigenvalue weighted by Gasteiger charge is -2.25. The number of amides is 1. The van der Waals surface area contributed by atoms with Crippen LogP contribution in [0, 0.1) is 0 Å². The van der Waals surface area contributed by atoms with Crippen molar-refractivity contribution in [1.82, 2.24) is 10.2 Å². The number of likely N-dealkylation sites (N-methyl/N-ethyl adjacent to an activating group) is 1. The smallest absolute Gasteiger partial charge is 0.410 e. The molecule has 0 aliphatic heterocycles. The lowest BCUT2D eigenvalue weighted by Crippen LogP contribution is -2.42. The summed E-state index contributed by atoms with van der Waals surface area (Å²) in [6.07, 6.45) is -0.380. The molecule has 0 aliphatic carbocycles. The Labute approximate surface area is 109 Å². The van der Waals surface area contributed by atoms with E-state index < -0.39 is 5.60 Å². The highest BCUT2D eigenvalue weighted by molar-refractivity contribution is 5.75. The van der Waals surface area contributed by atoms with Gasteiger partial charge in [-0.15, -0.1) is 0 Å². The summed E-state index contributed by atoms with van der Waals surface area (Å²) in [4.78, 5) is 24.2. The first-order valence-corrected chi connectivity index (χ1v) is 5.92. The average molecular weight is 260 g/mol. The normalized spacial score (nSPS) is 12.8. The molecule has 6 heteroatoms. The molecule has 106 valence electrons. The Morgan fingerprint density at radius 1 is 1.33 bits per heavy atom. The number of hydrogen-bond acceptors (Lipinski definition) is 5. The predicted molar refractivity (Wildman–Crippen MR) is 68.3 cm³/mol. The molecule has 0 spiro atoms. The van der Waals surface area contributed by atoms with Crippen LogP contribution in [0.5, 0.6) is 0 Å². The second-order valence-corrected chi connectivity index (χ2v) is 5.10. The van der Waals surface area contributed by atoms with Crippen molar-refractivity contribution in [2.75, 3.05) is 27.2 Å². The largest absolute Gasteiger partial charge is 0.468 e. The van der Waals surface area contributed by atoms with E-state index in [-0.39, 0.29) is 18.1 Å². The molecule has 1 atom stereocenters. The standard InChI is InChI=1S/C12H24N2O4/c1-9(10(15)17-6)13-7-8-14(5)11(16)18-12(2,3)4/h9,13H,7-8H2,1-6H3. The summed E-state index contributed by atoms with van der Waals surface area (Å²) in [6.45, 7) is 8.10. The van der Waals surface area contributed by atoms with Crippen molar-refractivity contribution in [1.29, 1.82) is 0 Å². The Balaban J connectivity index is 3.93. The summed E-state index contributed by atoms with van der Waals surface area (Å²) >= 11 is 0. The molecule has 0 saturated heterocycles. The van der Waals surface area contributed by atoms with E-state index >= 15 is 0 Å². The molecule has 18 heavy (non-hydrogen) atoms. The molecular formula is C12H24N2O4. The molecule has 0 saturated carbocycles. The number of carbonyl (C=O) groups excluding carboxylic acids is 2. The fourth-order valence-corrected chi connectivity index (χ4v) is 1.14. The molecule has 0 aromatic carbocycles. The van der Waals surface area contributed by atoms with Gasteiger partial charge in [0, 0.05) is 20.1 Å². The highest BCUT2D eigenvalue weighted by Crippen LogP contribution is 2.08. The Bertz CT molecular complexity index is 286. The maximum atomic E-state index is 11.6. The number of ether oxygens (including phenoxy) is 2. The molecule has 0 heterocycles. The van der Waals surface area contributed by atoms with E-state index in [1.54, 1.807) is 14.0 Å². The summed E-state index contributed by atoms with van der Waals surface area (Å²) in [5.41, 5.74) is -0.502. The number of hydrogen-bond donors (Lipinski definition) is 1. The zero-order valence-electron chi connectivity index (χ0n) is 12.1. The van der Waals surface area contributed by atoms with Crippen molar-refractivity contribution in [2.45, 2.75) is 39.3 Å². The summed E-state index contributed by atoms with van der Waals surface area (Å²) in [6, 6.07) is -0.387. The maximum absolute atomic E-state index is 11.6. The highest BCUT2D eigenvalue weighted by Gasteiger charge is 2.19. The zero-order valence-corrected chi connectivity index (χ0v) is 12.1. The van der Waals surface area contributed by atoms with Crippen LogP contribution in [-0.4, -0.2) is 55.9 Å². The number of nitrogens with zero attached hydrogens (tertiary/aromatic N) is 1. The molecule has 0 aliphatic rings. The Morgan fingerprint density at radius 2 is 1.89 bits per heavy atom. The minimum Gasteiger partial charge on any atom is -0.468 e. The minimum atomic E-state index is -0.502. The van der Waals surface area contributed by atoms with Crippen molar-refractivity contribution >= 4 is 12.1 Å². The first kappa shape index (κ1) is 16.7. The fraction of sp³-hybridized carbons (Fsp3) is 0.833. The summed E-state index contributed by atoms with van der Waals surface area (Å²) in [5.74, 6) is -0.324. The van der Waals surface area contributed by atoms with Crippen LogP contribution in [0.3, 0.4) is 0 Å². The van der Waals surface area contributed by atoms with Crippen molar-refractivity contribution in [3.63, 3.8) is 0 Å². The van der Waals surface area contributed by atoms with Gasteiger partial charge in [0.05, 0.1) is 7.11 Å². The summed E-state index contributed by atoms with van der Waals surface area (Å²) in [5, 5.41) is 2.96. The van der Waals surface area contributed by atoms with E-state index in [0.29, 0.717) is 13.1 Å². The number of esters is 1. The third kappa shape index (κ3) is 7.11. The quantitative estimate of drug-likeness (QED) is 0.747. The molecule has 1 amide bonds. The van der Waals surface area contributed by atoms with Gasteiger partial charge in [-0.2, -0.15) is 0 Å². The SMILES string of the molecule is COC(=O)C(C)NCCN(C)C(=O)OC(C)(C)C. The molecular weight excluding hydrogens is 236 g/mol. The van der Waals surface area contributed by atoms with Crippen LogP contribution in [0.1, 0.15) is 27.7 Å².